The Labute approximate surface area is 151 Å². The molecule has 0 atom stereocenters. The van der Waals surface area contributed by atoms with Crippen molar-refractivity contribution in [3.05, 3.63) is 65.5 Å². The quantitative estimate of drug-likeness (QED) is 0.714. The van der Waals surface area contributed by atoms with Crippen LogP contribution in [0.1, 0.15) is 5.89 Å². The maximum Gasteiger partial charge on any atom is 0.249 e. The van der Waals surface area contributed by atoms with Gasteiger partial charge in [0.05, 0.1) is 17.1 Å². The zero-order valence-corrected chi connectivity index (χ0v) is 14.6. The van der Waals surface area contributed by atoms with Gasteiger partial charge in [-0.05, 0) is 24.3 Å². The molecule has 0 unspecified atom stereocenters. The Morgan fingerprint density at radius 1 is 0.880 bits per heavy atom. The third-order valence-corrected chi connectivity index (χ3v) is 4.75. The summed E-state index contributed by atoms with van der Waals surface area (Å²) in [5.74, 6) is 1.10. The van der Waals surface area contributed by atoms with Gasteiger partial charge in [0, 0.05) is 31.9 Å². The van der Waals surface area contributed by atoms with Crippen molar-refractivity contribution in [1.82, 2.24) is 15.1 Å². The van der Waals surface area contributed by atoms with Gasteiger partial charge in [0.2, 0.25) is 11.8 Å². The normalized spacial score (nSPS) is 15.5. The summed E-state index contributed by atoms with van der Waals surface area (Å²) >= 11 is 6.19. The monoisotopic (exact) mass is 354 g/mol. The topological polar surface area (TPSA) is 45.4 Å². The summed E-state index contributed by atoms with van der Waals surface area (Å²) < 4.78 is 5.80. The van der Waals surface area contributed by atoms with Gasteiger partial charge in [-0.2, -0.15) is 0 Å². The van der Waals surface area contributed by atoms with Gasteiger partial charge in [-0.1, -0.05) is 41.9 Å². The lowest BCUT2D eigenvalue weighted by atomic mass is 10.2. The fraction of sp³-hybridized carbons (Fsp3) is 0.263. The molecule has 1 saturated heterocycles. The maximum atomic E-state index is 6.19. The second-order valence-electron chi connectivity index (χ2n) is 6.08. The molecule has 0 N–H and O–H groups in total. The predicted molar refractivity (Wildman–Crippen MR) is 98.7 cm³/mol. The molecule has 1 aromatic heterocycles. The average Bonchev–Trinajstić information content (AvgIpc) is 3.12. The summed E-state index contributed by atoms with van der Waals surface area (Å²) in [4.78, 5) is 4.74. The van der Waals surface area contributed by atoms with Crippen LogP contribution in [-0.2, 0) is 6.54 Å². The number of halogens is 1. The molecule has 128 valence electrons. The van der Waals surface area contributed by atoms with E-state index in [9.17, 15) is 0 Å². The minimum atomic E-state index is 0.475. The maximum absolute atomic E-state index is 6.19. The Morgan fingerprint density at radius 2 is 1.60 bits per heavy atom. The van der Waals surface area contributed by atoms with E-state index in [1.54, 1.807) is 0 Å². The molecule has 6 heteroatoms. The standard InChI is InChI=1S/C19H19ClN4O/c20-17-9-5-4-8-16(17)19-22-21-18(25-19)14-23-10-12-24(13-11-23)15-6-2-1-3-7-15/h1-9H,10-14H2. The van der Waals surface area contributed by atoms with Crippen LogP contribution in [0.4, 0.5) is 5.69 Å². The second-order valence-corrected chi connectivity index (χ2v) is 6.49. The van der Waals surface area contributed by atoms with Gasteiger partial charge in [-0.15, -0.1) is 10.2 Å². The molecule has 2 heterocycles. The first kappa shape index (κ1) is 16.1. The molecule has 3 aromatic rings. The number of hydrogen-bond donors (Lipinski definition) is 0. The zero-order valence-electron chi connectivity index (χ0n) is 13.8. The van der Waals surface area contributed by atoms with E-state index < -0.39 is 0 Å². The molecule has 2 aromatic carbocycles. The first-order valence-corrected chi connectivity index (χ1v) is 8.77. The lowest BCUT2D eigenvalue weighted by Crippen LogP contribution is -2.46. The molecule has 0 radical (unpaired) electrons. The second kappa shape index (κ2) is 7.25. The van der Waals surface area contributed by atoms with Gasteiger partial charge in [-0.3, -0.25) is 4.90 Å². The van der Waals surface area contributed by atoms with Gasteiger partial charge in [0.15, 0.2) is 0 Å². The molecule has 1 fully saturated rings. The minimum Gasteiger partial charge on any atom is -0.419 e. The van der Waals surface area contributed by atoms with E-state index >= 15 is 0 Å². The van der Waals surface area contributed by atoms with Crippen LogP contribution >= 0.6 is 11.6 Å². The van der Waals surface area contributed by atoms with E-state index in [1.165, 1.54) is 5.69 Å². The van der Waals surface area contributed by atoms with Crippen molar-refractivity contribution in [3.8, 4) is 11.5 Å². The van der Waals surface area contributed by atoms with Crippen LogP contribution in [0, 0.1) is 0 Å². The van der Waals surface area contributed by atoms with E-state index in [-0.39, 0.29) is 0 Å². The van der Waals surface area contributed by atoms with Gasteiger partial charge >= 0.3 is 0 Å². The number of anilines is 1. The molecule has 0 aliphatic carbocycles. The summed E-state index contributed by atoms with van der Waals surface area (Å²) in [7, 11) is 0. The smallest absolute Gasteiger partial charge is 0.249 e. The van der Waals surface area contributed by atoms with Crippen molar-refractivity contribution in [2.45, 2.75) is 6.54 Å². The van der Waals surface area contributed by atoms with E-state index in [4.69, 9.17) is 16.0 Å². The van der Waals surface area contributed by atoms with Gasteiger partial charge in [0.1, 0.15) is 0 Å². The van der Waals surface area contributed by atoms with Crippen molar-refractivity contribution in [3.63, 3.8) is 0 Å². The highest BCUT2D eigenvalue weighted by atomic mass is 35.5. The Bertz CT molecular complexity index is 828. The first-order chi connectivity index (χ1) is 12.3. The van der Waals surface area contributed by atoms with Crippen LogP contribution in [-0.4, -0.2) is 41.3 Å². The molecule has 0 amide bonds. The molecular formula is C19H19ClN4O. The summed E-state index contributed by atoms with van der Waals surface area (Å²) in [6, 6.07) is 18.0. The van der Waals surface area contributed by atoms with Gasteiger partial charge in [0.25, 0.3) is 0 Å². The van der Waals surface area contributed by atoms with Crippen molar-refractivity contribution >= 4 is 17.3 Å². The molecule has 1 aliphatic heterocycles. The number of hydrogen-bond acceptors (Lipinski definition) is 5. The Morgan fingerprint density at radius 3 is 2.36 bits per heavy atom. The molecule has 5 nitrogen and oxygen atoms in total. The van der Waals surface area contributed by atoms with Crippen molar-refractivity contribution in [2.75, 3.05) is 31.1 Å². The summed E-state index contributed by atoms with van der Waals surface area (Å²) in [6.07, 6.45) is 0. The highest BCUT2D eigenvalue weighted by Crippen LogP contribution is 2.26. The van der Waals surface area contributed by atoms with Crippen molar-refractivity contribution in [2.24, 2.45) is 0 Å². The number of piperazine rings is 1. The Balaban J connectivity index is 1.37. The zero-order chi connectivity index (χ0) is 17.1. The minimum absolute atomic E-state index is 0.475. The molecular weight excluding hydrogens is 336 g/mol. The lowest BCUT2D eigenvalue weighted by molar-refractivity contribution is 0.227. The number of aromatic nitrogens is 2. The van der Waals surface area contributed by atoms with Crippen LogP contribution in [0.3, 0.4) is 0 Å². The van der Waals surface area contributed by atoms with Crippen LogP contribution in [0.2, 0.25) is 5.02 Å². The Hall–Kier alpha value is -2.37. The fourth-order valence-electron chi connectivity index (χ4n) is 3.06. The van der Waals surface area contributed by atoms with Crippen molar-refractivity contribution < 1.29 is 4.42 Å². The summed E-state index contributed by atoms with van der Waals surface area (Å²) in [5, 5.41) is 8.93. The predicted octanol–water partition coefficient (Wildman–Crippen LogP) is 3.71. The SMILES string of the molecule is Clc1ccccc1-c1nnc(CN2CCN(c3ccccc3)CC2)o1. The van der Waals surface area contributed by atoms with Crippen molar-refractivity contribution in [1.29, 1.82) is 0 Å². The van der Waals surface area contributed by atoms with E-state index in [1.807, 2.05) is 30.3 Å². The van der Waals surface area contributed by atoms with Crippen LogP contribution < -0.4 is 4.90 Å². The van der Waals surface area contributed by atoms with Crippen LogP contribution in [0.5, 0.6) is 0 Å². The van der Waals surface area contributed by atoms with Gasteiger partial charge < -0.3 is 9.32 Å². The van der Waals surface area contributed by atoms with Crippen LogP contribution in [0.15, 0.2) is 59.0 Å². The molecule has 0 saturated carbocycles. The summed E-state index contributed by atoms with van der Waals surface area (Å²) in [5.41, 5.74) is 2.05. The molecule has 1 aliphatic rings. The number of rotatable bonds is 4. The fourth-order valence-corrected chi connectivity index (χ4v) is 3.27. The number of benzene rings is 2. The third-order valence-electron chi connectivity index (χ3n) is 4.42. The molecule has 0 spiro atoms. The molecule has 4 rings (SSSR count). The average molecular weight is 355 g/mol. The highest BCUT2D eigenvalue weighted by molar-refractivity contribution is 6.33. The van der Waals surface area contributed by atoms with E-state index in [0.29, 0.717) is 23.3 Å². The Kier molecular flexibility index (Phi) is 4.68. The van der Waals surface area contributed by atoms with E-state index in [2.05, 4.69) is 44.3 Å². The van der Waals surface area contributed by atoms with Crippen LogP contribution in [0.25, 0.3) is 11.5 Å². The molecule has 25 heavy (non-hydrogen) atoms. The lowest BCUT2D eigenvalue weighted by Gasteiger charge is -2.35. The first-order valence-electron chi connectivity index (χ1n) is 8.39. The number of para-hydroxylation sites is 1. The number of nitrogens with zero attached hydrogens (tertiary/aromatic N) is 4. The highest BCUT2D eigenvalue weighted by Gasteiger charge is 2.20. The largest absolute Gasteiger partial charge is 0.419 e. The third kappa shape index (κ3) is 3.67. The molecule has 0 bridgehead atoms. The van der Waals surface area contributed by atoms with Gasteiger partial charge in [-0.25, -0.2) is 0 Å². The van der Waals surface area contributed by atoms with E-state index in [0.717, 1.165) is 31.7 Å². The summed E-state index contributed by atoms with van der Waals surface area (Å²) in [6.45, 7) is 4.60.